The Kier molecular flexibility index (Phi) is 3.48. The molecule has 1 amide bonds. The maximum atomic E-state index is 13.1. The lowest BCUT2D eigenvalue weighted by Gasteiger charge is -2.14. The van der Waals surface area contributed by atoms with E-state index in [0.29, 0.717) is 0 Å². The van der Waals surface area contributed by atoms with E-state index in [2.05, 4.69) is 0 Å². The fourth-order valence-electron chi connectivity index (χ4n) is 1.92. The third-order valence-corrected chi connectivity index (χ3v) is 2.77. The van der Waals surface area contributed by atoms with Gasteiger partial charge in [0.05, 0.1) is 5.56 Å². The van der Waals surface area contributed by atoms with Gasteiger partial charge < -0.3 is 5.73 Å². The summed E-state index contributed by atoms with van der Waals surface area (Å²) >= 11 is 0. The molecule has 0 aliphatic carbocycles. The molecule has 0 heterocycles. The molecule has 6 heteroatoms. The van der Waals surface area contributed by atoms with Crippen molar-refractivity contribution in [1.82, 2.24) is 0 Å². The second-order valence-corrected chi connectivity index (χ2v) is 4.10. The average Bonchev–Trinajstić information content (AvgIpc) is 2.37. The summed E-state index contributed by atoms with van der Waals surface area (Å²) in [5.41, 5.74) is 3.63. The maximum absolute atomic E-state index is 13.1. The first-order valence-corrected chi connectivity index (χ1v) is 5.56. The number of halogens is 4. The molecule has 0 bridgehead atoms. The minimum atomic E-state index is -4.58. The fraction of sp³-hybridized carbons (Fsp3) is 0.0714. The predicted molar refractivity (Wildman–Crippen MR) is 65.4 cm³/mol. The molecule has 104 valence electrons. The molecule has 2 nitrogen and oxygen atoms in total. The van der Waals surface area contributed by atoms with Crippen LogP contribution in [0.3, 0.4) is 0 Å². The van der Waals surface area contributed by atoms with Gasteiger partial charge in [-0.3, -0.25) is 4.79 Å². The van der Waals surface area contributed by atoms with Gasteiger partial charge in [0.2, 0.25) is 5.91 Å². The molecule has 0 fully saturated rings. The number of carbonyl (C=O) groups is 1. The van der Waals surface area contributed by atoms with Crippen LogP contribution in [0.1, 0.15) is 15.9 Å². The summed E-state index contributed by atoms with van der Waals surface area (Å²) in [4.78, 5) is 11.3. The van der Waals surface area contributed by atoms with Gasteiger partial charge in [0.25, 0.3) is 0 Å². The van der Waals surface area contributed by atoms with Crippen LogP contribution in [0.25, 0.3) is 11.1 Å². The van der Waals surface area contributed by atoms with Crippen molar-refractivity contribution in [1.29, 1.82) is 0 Å². The van der Waals surface area contributed by atoms with E-state index in [-0.39, 0.29) is 16.7 Å². The molecule has 2 aromatic rings. The van der Waals surface area contributed by atoms with E-state index in [1.165, 1.54) is 18.2 Å². The van der Waals surface area contributed by atoms with Crippen LogP contribution in [0.15, 0.2) is 42.5 Å². The topological polar surface area (TPSA) is 43.1 Å². The Morgan fingerprint density at radius 1 is 1.00 bits per heavy atom. The van der Waals surface area contributed by atoms with Crippen molar-refractivity contribution < 1.29 is 22.4 Å². The molecular formula is C14H9F4NO. The number of hydrogen-bond donors (Lipinski definition) is 1. The Labute approximate surface area is 111 Å². The molecule has 2 rings (SSSR count). The Bertz CT molecular complexity index is 664. The van der Waals surface area contributed by atoms with Gasteiger partial charge in [-0.15, -0.1) is 0 Å². The number of nitrogens with two attached hydrogens (primary N) is 1. The summed E-state index contributed by atoms with van der Waals surface area (Å²) in [7, 11) is 0. The molecule has 0 aromatic heterocycles. The third-order valence-electron chi connectivity index (χ3n) is 2.77. The van der Waals surface area contributed by atoms with Gasteiger partial charge in [-0.05, 0) is 29.3 Å². The third kappa shape index (κ3) is 2.64. The van der Waals surface area contributed by atoms with Gasteiger partial charge in [0, 0.05) is 5.56 Å². The lowest BCUT2D eigenvalue weighted by molar-refractivity contribution is -0.137. The molecule has 2 aromatic carbocycles. The highest BCUT2D eigenvalue weighted by atomic mass is 19.4. The summed E-state index contributed by atoms with van der Waals surface area (Å²) in [6, 6.07) is 7.66. The number of benzene rings is 2. The summed E-state index contributed by atoms with van der Waals surface area (Å²) in [6.45, 7) is 0. The number of carbonyl (C=O) groups excluding carboxylic acids is 1. The van der Waals surface area contributed by atoms with E-state index >= 15 is 0 Å². The van der Waals surface area contributed by atoms with Gasteiger partial charge in [-0.2, -0.15) is 13.2 Å². The van der Waals surface area contributed by atoms with E-state index < -0.39 is 23.5 Å². The minimum absolute atomic E-state index is 0.0492. The second kappa shape index (κ2) is 4.96. The Balaban J connectivity index is 2.73. The van der Waals surface area contributed by atoms with Gasteiger partial charge in [0.15, 0.2) is 0 Å². The first-order chi connectivity index (χ1) is 9.30. The molecule has 0 spiro atoms. The van der Waals surface area contributed by atoms with Crippen molar-refractivity contribution >= 4 is 5.91 Å². The van der Waals surface area contributed by atoms with Crippen LogP contribution in [0.2, 0.25) is 0 Å². The van der Waals surface area contributed by atoms with E-state index in [1.807, 2.05) is 0 Å². The SMILES string of the molecule is NC(=O)c1cc(F)ccc1-c1ccccc1C(F)(F)F. The fourth-order valence-corrected chi connectivity index (χ4v) is 1.92. The molecule has 0 saturated heterocycles. The van der Waals surface area contributed by atoms with Gasteiger partial charge in [-0.25, -0.2) is 4.39 Å². The van der Waals surface area contributed by atoms with Gasteiger partial charge >= 0.3 is 6.18 Å². The lowest BCUT2D eigenvalue weighted by atomic mass is 9.94. The molecule has 2 N–H and O–H groups in total. The van der Waals surface area contributed by atoms with Crippen LogP contribution in [0.5, 0.6) is 0 Å². The van der Waals surface area contributed by atoms with E-state index in [1.54, 1.807) is 0 Å². The first-order valence-electron chi connectivity index (χ1n) is 5.56. The highest BCUT2D eigenvalue weighted by molar-refractivity contribution is 6.00. The van der Waals surface area contributed by atoms with Crippen LogP contribution in [0.4, 0.5) is 17.6 Å². The minimum Gasteiger partial charge on any atom is -0.366 e. The smallest absolute Gasteiger partial charge is 0.366 e. The highest BCUT2D eigenvalue weighted by Crippen LogP contribution is 2.38. The van der Waals surface area contributed by atoms with Crippen LogP contribution in [-0.4, -0.2) is 5.91 Å². The van der Waals surface area contributed by atoms with E-state index in [4.69, 9.17) is 5.73 Å². The van der Waals surface area contributed by atoms with Crippen molar-refractivity contribution in [2.75, 3.05) is 0 Å². The number of primary amides is 1. The first kappa shape index (κ1) is 14.0. The predicted octanol–water partition coefficient (Wildman–Crippen LogP) is 3.61. The zero-order chi connectivity index (χ0) is 14.9. The molecule has 0 aliphatic heterocycles. The molecule has 0 aliphatic rings. The summed E-state index contributed by atoms with van der Waals surface area (Å²) < 4.78 is 52.0. The van der Waals surface area contributed by atoms with Crippen molar-refractivity contribution in [3.05, 3.63) is 59.4 Å². The Hall–Kier alpha value is -2.37. The quantitative estimate of drug-likeness (QED) is 0.841. The second-order valence-electron chi connectivity index (χ2n) is 4.10. The molecule has 0 saturated carbocycles. The maximum Gasteiger partial charge on any atom is 0.417 e. The average molecular weight is 283 g/mol. The molecule has 20 heavy (non-hydrogen) atoms. The zero-order valence-corrected chi connectivity index (χ0v) is 10.0. The van der Waals surface area contributed by atoms with E-state index in [9.17, 15) is 22.4 Å². The molecule has 0 unspecified atom stereocenters. The lowest BCUT2D eigenvalue weighted by Crippen LogP contribution is -2.14. The number of alkyl halides is 3. The van der Waals surface area contributed by atoms with Crippen molar-refractivity contribution in [3.63, 3.8) is 0 Å². The number of hydrogen-bond acceptors (Lipinski definition) is 1. The van der Waals surface area contributed by atoms with Crippen LogP contribution >= 0.6 is 0 Å². The largest absolute Gasteiger partial charge is 0.417 e. The zero-order valence-electron chi connectivity index (χ0n) is 10.0. The number of amides is 1. The van der Waals surface area contributed by atoms with E-state index in [0.717, 1.165) is 24.3 Å². The van der Waals surface area contributed by atoms with Crippen LogP contribution in [-0.2, 0) is 6.18 Å². The van der Waals surface area contributed by atoms with Crippen molar-refractivity contribution in [2.24, 2.45) is 5.73 Å². The highest BCUT2D eigenvalue weighted by Gasteiger charge is 2.34. The standard InChI is InChI=1S/C14H9F4NO/c15-8-5-6-9(11(7-8)13(19)20)10-3-1-2-4-12(10)14(16,17)18/h1-7H,(H2,19,20). The van der Waals surface area contributed by atoms with Crippen molar-refractivity contribution in [2.45, 2.75) is 6.18 Å². The number of rotatable bonds is 2. The summed E-state index contributed by atoms with van der Waals surface area (Å²) in [5, 5.41) is 0. The summed E-state index contributed by atoms with van der Waals surface area (Å²) in [5.74, 6) is -1.73. The monoisotopic (exact) mass is 283 g/mol. The molecule has 0 atom stereocenters. The van der Waals surface area contributed by atoms with Gasteiger partial charge in [0.1, 0.15) is 5.82 Å². The van der Waals surface area contributed by atoms with Crippen molar-refractivity contribution in [3.8, 4) is 11.1 Å². The summed E-state index contributed by atoms with van der Waals surface area (Å²) in [6.07, 6.45) is -4.58. The van der Waals surface area contributed by atoms with Crippen LogP contribution in [0, 0.1) is 5.82 Å². The normalized spacial score (nSPS) is 11.4. The van der Waals surface area contributed by atoms with Gasteiger partial charge in [-0.1, -0.05) is 24.3 Å². The Morgan fingerprint density at radius 3 is 2.25 bits per heavy atom. The van der Waals surface area contributed by atoms with Crippen LogP contribution < -0.4 is 5.73 Å². The molecular weight excluding hydrogens is 274 g/mol. The molecule has 0 radical (unpaired) electrons. The Morgan fingerprint density at radius 2 is 1.65 bits per heavy atom.